The molecule has 0 radical (unpaired) electrons. The van der Waals surface area contributed by atoms with E-state index in [1.165, 1.54) is 6.07 Å². The van der Waals surface area contributed by atoms with Gasteiger partial charge in [0.15, 0.2) is 0 Å². The fourth-order valence-corrected chi connectivity index (χ4v) is 3.66. The number of halogens is 1. The Labute approximate surface area is 173 Å². The second-order valence-corrected chi connectivity index (χ2v) is 10.0. The molecular formula is C21H27FN2O4S. The number of nitrogens with one attached hydrogen (secondary N) is 1. The van der Waals surface area contributed by atoms with Gasteiger partial charge in [-0.25, -0.2) is 13.3 Å². The van der Waals surface area contributed by atoms with Crippen LogP contribution in [0.15, 0.2) is 48.5 Å². The molecule has 2 aromatic carbocycles. The van der Waals surface area contributed by atoms with Crippen molar-refractivity contribution in [3.63, 3.8) is 0 Å². The molecule has 0 spiro atoms. The van der Waals surface area contributed by atoms with Crippen molar-refractivity contribution in [3.05, 3.63) is 75.6 Å². The second kappa shape index (κ2) is 9.11. The largest absolute Gasteiger partial charge is 0.372 e. The van der Waals surface area contributed by atoms with Crippen LogP contribution in [0, 0.1) is 15.9 Å². The van der Waals surface area contributed by atoms with Gasteiger partial charge in [0.25, 0.3) is 5.69 Å². The number of non-ortho nitro benzene ring substituents is 1. The Hall–Kier alpha value is -2.16. The van der Waals surface area contributed by atoms with Gasteiger partial charge < -0.3 is 4.74 Å². The van der Waals surface area contributed by atoms with E-state index in [4.69, 9.17) is 4.74 Å². The summed E-state index contributed by atoms with van der Waals surface area (Å²) < 4.78 is 36.0. The highest BCUT2D eigenvalue weighted by Gasteiger charge is 2.40. The Morgan fingerprint density at radius 2 is 1.79 bits per heavy atom. The summed E-state index contributed by atoms with van der Waals surface area (Å²) in [5.74, 6) is -0.633. The number of rotatable bonds is 8. The van der Waals surface area contributed by atoms with Gasteiger partial charge in [0.2, 0.25) is 0 Å². The summed E-state index contributed by atoms with van der Waals surface area (Å²) in [6.07, 6.45) is -0.648. The number of nitro groups is 1. The first-order valence-electron chi connectivity index (χ1n) is 9.25. The fourth-order valence-electron chi connectivity index (χ4n) is 2.69. The van der Waals surface area contributed by atoms with Gasteiger partial charge in [0.05, 0.1) is 38.9 Å². The molecule has 0 aliphatic heterocycles. The van der Waals surface area contributed by atoms with Crippen LogP contribution in [0.3, 0.4) is 0 Å². The minimum Gasteiger partial charge on any atom is -0.372 e. The molecule has 0 amide bonds. The van der Waals surface area contributed by atoms with Gasteiger partial charge in [0, 0.05) is 17.7 Å². The lowest BCUT2D eigenvalue weighted by atomic mass is 9.87. The molecule has 0 aromatic heterocycles. The van der Waals surface area contributed by atoms with Crippen molar-refractivity contribution < 1.29 is 18.3 Å². The molecule has 2 rings (SSSR count). The van der Waals surface area contributed by atoms with Crippen LogP contribution in [0.5, 0.6) is 0 Å². The Bertz CT molecular complexity index is 886. The van der Waals surface area contributed by atoms with Crippen molar-refractivity contribution in [3.8, 4) is 0 Å². The van der Waals surface area contributed by atoms with Gasteiger partial charge in [-0.15, -0.1) is 0 Å². The van der Waals surface area contributed by atoms with E-state index in [-0.39, 0.29) is 17.9 Å². The van der Waals surface area contributed by atoms with Crippen molar-refractivity contribution in [2.45, 2.75) is 57.6 Å². The normalized spacial score (nSPS) is 16.1. The van der Waals surface area contributed by atoms with Gasteiger partial charge in [-0.3, -0.25) is 10.1 Å². The van der Waals surface area contributed by atoms with Crippen molar-refractivity contribution in [2.24, 2.45) is 0 Å². The number of nitro benzene ring substituents is 1. The van der Waals surface area contributed by atoms with E-state index in [1.807, 2.05) is 30.3 Å². The molecule has 0 aliphatic carbocycles. The van der Waals surface area contributed by atoms with Gasteiger partial charge in [-0.1, -0.05) is 30.3 Å². The van der Waals surface area contributed by atoms with Gasteiger partial charge in [0.1, 0.15) is 5.82 Å². The lowest BCUT2D eigenvalue weighted by Gasteiger charge is -2.38. The van der Waals surface area contributed by atoms with Crippen LogP contribution >= 0.6 is 0 Å². The lowest BCUT2D eigenvalue weighted by Crippen LogP contribution is -2.53. The van der Waals surface area contributed by atoms with Gasteiger partial charge in [-0.2, -0.15) is 0 Å². The summed E-state index contributed by atoms with van der Waals surface area (Å²) in [6.45, 7) is 9.00. The molecule has 0 fully saturated rings. The standard InChI is InChI=1S/C21H27FN2O4S/c1-15(28-14-16-9-7-6-8-10-16)21(5,23-29(27)20(2,3)4)18-13-17(24(25)26)11-12-19(18)22/h6-13,15,23H,14H2,1-5H3/t15?,21-,29+/m0/s1. The van der Waals surface area contributed by atoms with Crippen LogP contribution in [0.25, 0.3) is 0 Å². The SMILES string of the molecule is CC(OCc1ccccc1)[C@](C)(N[S@](=O)C(C)(C)C)c1cc([N+](=O)[O-])ccc1F. The molecule has 8 heteroatoms. The maximum Gasteiger partial charge on any atom is 0.269 e. The predicted molar refractivity (Wildman–Crippen MR) is 112 cm³/mol. The van der Waals surface area contributed by atoms with Crippen LogP contribution in [0.2, 0.25) is 0 Å². The van der Waals surface area contributed by atoms with Crippen molar-refractivity contribution in [1.29, 1.82) is 0 Å². The molecule has 158 valence electrons. The zero-order chi connectivity index (χ0) is 21.8. The zero-order valence-electron chi connectivity index (χ0n) is 17.3. The molecule has 29 heavy (non-hydrogen) atoms. The zero-order valence-corrected chi connectivity index (χ0v) is 18.1. The molecular weight excluding hydrogens is 395 g/mol. The first-order valence-corrected chi connectivity index (χ1v) is 10.4. The summed E-state index contributed by atoms with van der Waals surface area (Å²) in [4.78, 5) is 10.6. The second-order valence-electron chi connectivity index (χ2n) is 8.05. The van der Waals surface area contributed by atoms with E-state index in [2.05, 4.69) is 4.72 Å². The maximum atomic E-state index is 14.8. The summed E-state index contributed by atoms with van der Waals surface area (Å²) >= 11 is 0. The number of benzene rings is 2. The molecule has 1 N–H and O–H groups in total. The topological polar surface area (TPSA) is 81.5 Å². The fraction of sp³-hybridized carbons (Fsp3) is 0.429. The highest BCUT2D eigenvalue weighted by atomic mass is 32.2. The van der Waals surface area contributed by atoms with Crippen LogP contribution in [-0.2, 0) is 27.9 Å². The number of hydrogen-bond donors (Lipinski definition) is 1. The Balaban J connectivity index is 2.44. The van der Waals surface area contributed by atoms with E-state index in [0.29, 0.717) is 0 Å². The van der Waals surface area contributed by atoms with E-state index in [1.54, 1.807) is 34.6 Å². The predicted octanol–water partition coefficient (Wildman–Crippen LogP) is 4.61. The minimum atomic E-state index is -1.57. The lowest BCUT2D eigenvalue weighted by molar-refractivity contribution is -0.385. The van der Waals surface area contributed by atoms with Crippen LogP contribution in [0.4, 0.5) is 10.1 Å². The number of nitrogens with zero attached hydrogens (tertiary/aromatic N) is 1. The molecule has 0 aliphatic rings. The molecule has 0 saturated carbocycles. The average Bonchev–Trinajstić information content (AvgIpc) is 2.66. The van der Waals surface area contributed by atoms with E-state index in [0.717, 1.165) is 17.7 Å². The monoisotopic (exact) mass is 422 g/mol. The third-order valence-electron chi connectivity index (χ3n) is 4.74. The Morgan fingerprint density at radius 1 is 1.17 bits per heavy atom. The number of ether oxygens (including phenoxy) is 1. The molecule has 2 aromatic rings. The summed E-state index contributed by atoms with van der Waals surface area (Å²) in [5, 5.41) is 11.2. The van der Waals surface area contributed by atoms with Crippen LogP contribution < -0.4 is 4.72 Å². The highest BCUT2D eigenvalue weighted by molar-refractivity contribution is 7.84. The van der Waals surface area contributed by atoms with Crippen molar-refractivity contribution in [2.75, 3.05) is 0 Å². The molecule has 3 atom stereocenters. The van der Waals surface area contributed by atoms with Gasteiger partial charge in [-0.05, 0) is 46.2 Å². The maximum absolute atomic E-state index is 14.8. The molecule has 6 nitrogen and oxygen atoms in total. The van der Waals surface area contributed by atoms with Crippen LogP contribution in [0.1, 0.15) is 45.7 Å². The Morgan fingerprint density at radius 3 is 2.34 bits per heavy atom. The third kappa shape index (κ3) is 5.68. The average molecular weight is 423 g/mol. The van der Waals surface area contributed by atoms with E-state index >= 15 is 0 Å². The number of hydrogen-bond acceptors (Lipinski definition) is 4. The quantitative estimate of drug-likeness (QED) is 0.498. The molecule has 1 unspecified atom stereocenters. The van der Waals surface area contributed by atoms with Gasteiger partial charge >= 0.3 is 0 Å². The third-order valence-corrected chi connectivity index (χ3v) is 6.46. The van der Waals surface area contributed by atoms with E-state index < -0.39 is 38.1 Å². The van der Waals surface area contributed by atoms with Crippen LogP contribution in [-0.4, -0.2) is 20.0 Å². The van der Waals surface area contributed by atoms with Crippen molar-refractivity contribution >= 4 is 16.7 Å². The molecule has 0 heterocycles. The summed E-state index contributed by atoms with van der Waals surface area (Å²) in [6, 6.07) is 12.8. The summed E-state index contributed by atoms with van der Waals surface area (Å²) in [5.41, 5.74) is -0.558. The molecule has 0 saturated heterocycles. The van der Waals surface area contributed by atoms with Crippen molar-refractivity contribution in [1.82, 2.24) is 4.72 Å². The first-order chi connectivity index (χ1) is 13.4. The first kappa shape index (κ1) is 23.1. The molecule has 0 bridgehead atoms. The smallest absolute Gasteiger partial charge is 0.269 e. The minimum absolute atomic E-state index is 0.0323. The summed E-state index contributed by atoms with van der Waals surface area (Å²) in [7, 11) is -1.57. The highest BCUT2D eigenvalue weighted by Crippen LogP contribution is 2.33. The van der Waals surface area contributed by atoms with E-state index in [9.17, 15) is 18.7 Å². The Kier molecular flexibility index (Phi) is 7.26.